The molecule has 10 nitrogen and oxygen atoms in total. The van der Waals surface area contributed by atoms with Crippen molar-refractivity contribution in [3.63, 3.8) is 0 Å². The van der Waals surface area contributed by atoms with Crippen molar-refractivity contribution in [1.82, 2.24) is 5.32 Å². The van der Waals surface area contributed by atoms with Gasteiger partial charge in [-0.2, -0.15) is 0 Å². The van der Waals surface area contributed by atoms with Crippen molar-refractivity contribution < 1.29 is 43.9 Å². The first-order valence-electron chi connectivity index (χ1n) is 11.9. The number of Topliss-reactive ketones (excluding diaryl/α,β-unsaturated/α-hetero) is 2. The highest BCUT2D eigenvalue weighted by molar-refractivity contribution is 6.31. The maximum atomic E-state index is 13.8. The first kappa shape index (κ1) is 26.7. The van der Waals surface area contributed by atoms with Crippen LogP contribution < -0.4 is 19.5 Å². The van der Waals surface area contributed by atoms with E-state index in [1.54, 1.807) is 31.4 Å². The molecule has 4 rings (SSSR count). The number of carbonyl (C=O) groups is 3. The van der Waals surface area contributed by atoms with Gasteiger partial charge in [0.25, 0.3) is 0 Å². The lowest BCUT2D eigenvalue weighted by molar-refractivity contribution is -0.123. The molecule has 0 spiro atoms. The van der Waals surface area contributed by atoms with Crippen molar-refractivity contribution in [2.24, 2.45) is 0 Å². The van der Waals surface area contributed by atoms with Crippen molar-refractivity contribution in [2.75, 3.05) is 20.3 Å². The molecule has 2 atom stereocenters. The van der Waals surface area contributed by atoms with Gasteiger partial charge in [0.2, 0.25) is 0 Å². The van der Waals surface area contributed by atoms with Crippen molar-refractivity contribution in [3.8, 4) is 28.7 Å². The number of phenols is 2. The van der Waals surface area contributed by atoms with Crippen molar-refractivity contribution in [3.05, 3.63) is 64.1 Å². The van der Waals surface area contributed by atoms with Crippen LogP contribution in [-0.2, 0) is 15.0 Å². The zero-order valence-electron chi connectivity index (χ0n) is 21.7. The average molecular weight is 524 g/mol. The Bertz CT molecular complexity index is 1400. The van der Waals surface area contributed by atoms with Gasteiger partial charge in [0.15, 0.2) is 17.3 Å². The number of aliphatic hydroxyl groups is 1. The molecule has 0 aromatic heterocycles. The maximum Gasteiger partial charge on any atom is 0.194 e. The van der Waals surface area contributed by atoms with Crippen LogP contribution in [0, 0.1) is 6.92 Å². The van der Waals surface area contributed by atoms with E-state index in [0.29, 0.717) is 11.5 Å². The Balaban J connectivity index is 1.58. The number of rotatable bonds is 8. The molecule has 1 heterocycles. The second kappa shape index (κ2) is 9.86. The second-order valence-electron chi connectivity index (χ2n) is 9.41. The lowest BCUT2D eigenvalue weighted by Crippen LogP contribution is -2.42. The van der Waals surface area contributed by atoms with Crippen molar-refractivity contribution >= 4 is 17.3 Å². The lowest BCUT2D eigenvalue weighted by Gasteiger charge is -2.29. The molecule has 4 N–H and O–H groups in total. The number of ether oxygens (including phenoxy) is 3. The third kappa shape index (κ3) is 4.26. The fourth-order valence-corrected chi connectivity index (χ4v) is 4.65. The summed E-state index contributed by atoms with van der Waals surface area (Å²) >= 11 is 0. The molecule has 0 fully saturated rings. The fourth-order valence-electron chi connectivity index (χ4n) is 4.65. The molecule has 1 unspecified atom stereocenters. The number of aliphatic hydroxyl groups excluding tert-OH is 1. The van der Waals surface area contributed by atoms with Gasteiger partial charge in [0.05, 0.1) is 18.2 Å². The summed E-state index contributed by atoms with van der Waals surface area (Å²) < 4.78 is 16.4. The largest absolute Gasteiger partial charge is 0.507 e. The van der Waals surface area contributed by atoms with E-state index in [1.165, 1.54) is 27.7 Å². The third-order valence-electron chi connectivity index (χ3n) is 6.86. The number of fused-ring (bicyclic) bond motifs is 3. The van der Waals surface area contributed by atoms with Crippen LogP contribution in [-0.4, -0.2) is 59.0 Å². The van der Waals surface area contributed by atoms with E-state index in [2.05, 4.69) is 5.32 Å². The first-order chi connectivity index (χ1) is 17.9. The summed E-state index contributed by atoms with van der Waals surface area (Å²) in [6.07, 6.45) is 0.174. The normalized spacial score (nSPS) is 20.1. The zero-order valence-corrected chi connectivity index (χ0v) is 21.7. The van der Waals surface area contributed by atoms with Gasteiger partial charge in [0.1, 0.15) is 58.2 Å². The molecule has 0 radical (unpaired) electrons. The van der Waals surface area contributed by atoms with E-state index in [1.807, 2.05) is 0 Å². The van der Waals surface area contributed by atoms with Crippen LogP contribution in [0.25, 0.3) is 0 Å². The summed E-state index contributed by atoms with van der Waals surface area (Å²) in [6, 6.07) is 6.85. The van der Waals surface area contributed by atoms with Crippen LogP contribution in [0.5, 0.6) is 28.7 Å². The minimum Gasteiger partial charge on any atom is -0.507 e. The van der Waals surface area contributed by atoms with Gasteiger partial charge >= 0.3 is 0 Å². The monoisotopic (exact) mass is 523 g/mol. The second-order valence-corrected chi connectivity index (χ2v) is 9.41. The van der Waals surface area contributed by atoms with Gasteiger partial charge in [-0.1, -0.05) is 0 Å². The summed E-state index contributed by atoms with van der Waals surface area (Å²) in [5.41, 5.74) is -1.71. The van der Waals surface area contributed by atoms with Gasteiger partial charge in [-0.05, 0) is 52.0 Å². The molecular formula is C28H29NO9. The predicted octanol–water partition coefficient (Wildman–Crippen LogP) is 2.61. The average Bonchev–Trinajstić information content (AvgIpc) is 3.17. The Morgan fingerprint density at radius 2 is 1.74 bits per heavy atom. The van der Waals surface area contributed by atoms with Crippen molar-refractivity contribution in [1.29, 1.82) is 0 Å². The number of allylic oxidation sites excluding steroid dienone is 4. The van der Waals surface area contributed by atoms with Crippen LogP contribution in [0.1, 0.15) is 42.3 Å². The first-order valence-corrected chi connectivity index (χ1v) is 11.9. The highest BCUT2D eigenvalue weighted by Gasteiger charge is 2.56. The third-order valence-corrected chi connectivity index (χ3v) is 6.86. The summed E-state index contributed by atoms with van der Waals surface area (Å²) in [5, 5.41) is 34.6. The molecule has 2 aromatic rings. The smallest absolute Gasteiger partial charge is 0.194 e. The van der Waals surface area contributed by atoms with Crippen LogP contribution >= 0.6 is 0 Å². The Morgan fingerprint density at radius 3 is 2.34 bits per heavy atom. The van der Waals surface area contributed by atoms with E-state index >= 15 is 0 Å². The minimum atomic E-state index is -1.61. The summed E-state index contributed by atoms with van der Waals surface area (Å²) in [6.45, 7) is 5.61. The van der Waals surface area contributed by atoms with E-state index in [4.69, 9.17) is 14.2 Å². The number of phenolic OH excluding ortho intramolecular Hbond substituents is 2. The molecule has 2 aromatic carbocycles. The maximum absolute atomic E-state index is 13.8. The molecule has 1 aliphatic heterocycles. The molecule has 0 amide bonds. The SMILES string of the molecule is COc1ccc(OCC(O)CNC(C)=C2C(=O)C=C3Oc4c(C(C)=O)c(O)c(C)c(O)c4[C@@]3(C)C2=O)cc1. The molecule has 200 valence electrons. The molecule has 38 heavy (non-hydrogen) atoms. The number of nitrogens with one attached hydrogen (secondary N) is 1. The minimum absolute atomic E-state index is 0.0139. The van der Waals surface area contributed by atoms with E-state index in [-0.39, 0.29) is 52.6 Å². The van der Waals surface area contributed by atoms with E-state index in [9.17, 15) is 29.7 Å². The molecular weight excluding hydrogens is 494 g/mol. The molecule has 2 aliphatic rings. The Hall–Kier alpha value is -4.31. The molecule has 1 aliphatic carbocycles. The number of carbonyl (C=O) groups excluding carboxylic acids is 3. The van der Waals surface area contributed by atoms with E-state index < -0.39 is 40.4 Å². The summed E-state index contributed by atoms with van der Waals surface area (Å²) in [4.78, 5) is 39.0. The number of aromatic hydroxyl groups is 2. The summed E-state index contributed by atoms with van der Waals surface area (Å²) in [5.74, 6) is -1.64. The molecule has 10 heteroatoms. The van der Waals surface area contributed by atoms with E-state index in [0.717, 1.165) is 6.08 Å². The number of ketones is 3. The number of methoxy groups -OCH3 is 1. The van der Waals surface area contributed by atoms with Gasteiger partial charge in [0, 0.05) is 23.9 Å². The highest BCUT2D eigenvalue weighted by Crippen LogP contribution is 2.57. The molecule has 0 saturated heterocycles. The predicted molar refractivity (Wildman–Crippen MR) is 136 cm³/mol. The number of hydrogen-bond acceptors (Lipinski definition) is 10. The van der Waals surface area contributed by atoms with Crippen LogP contribution in [0.15, 0.2) is 47.4 Å². The van der Waals surface area contributed by atoms with Crippen LogP contribution in [0.2, 0.25) is 0 Å². The van der Waals surface area contributed by atoms with Gasteiger partial charge in [-0.25, -0.2) is 0 Å². The quantitative estimate of drug-likeness (QED) is 0.231. The van der Waals surface area contributed by atoms with Crippen LogP contribution in [0.3, 0.4) is 0 Å². The number of hydrogen-bond donors (Lipinski definition) is 4. The highest BCUT2D eigenvalue weighted by atomic mass is 16.5. The molecule has 0 saturated carbocycles. The van der Waals surface area contributed by atoms with Crippen LogP contribution in [0.4, 0.5) is 0 Å². The lowest BCUT2D eigenvalue weighted by atomic mass is 9.70. The Kier molecular flexibility index (Phi) is 6.94. The zero-order chi connectivity index (χ0) is 27.9. The fraction of sp³-hybridized carbons (Fsp3) is 0.321. The number of benzene rings is 2. The standard InChI is InChI=1S/C28H29NO9/c1-13-24(33)22(15(3)30)26-23(25(13)34)28(4)20(38-26)10-19(32)21(27(28)35)14(2)29-11-16(31)12-37-18-8-6-17(36-5)7-9-18/h6-10,16,29,31,33-34H,11-12H2,1-5H3/t16?,28-/m0/s1. The van der Waals surface area contributed by atoms with Crippen molar-refractivity contribution in [2.45, 2.75) is 39.2 Å². The topological polar surface area (TPSA) is 152 Å². The summed E-state index contributed by atoms with van der Waals surface area (Å²) in [7, 11) is 1.55. The Labute approximate surface area is 219 Å². The van der Waals surface area contributed by atoms with Gasteiger partial charge < -0.3 is 34.8 Å². The molecule has 0 bridgehead atoms. The van der Waals surface area contributed by atoms with Gasteiger partial charge in [-0.15, -0.1) is 0 Å². The van der Waals surface area contributed by atoms with Gasteiger partial charge in [-0.3, -0.25) is 14.4 Å². The Morgan fingerprint density at radius 1 is 1.11 bits per heavy atom.